The van der Waals surface area contributed by atoms with E-state index in [1.807, 2.05) is 6.92 Å². The molecular formula is C27H26FNO6. The Labute approximate surface area is 201 Å². The Balaban J connectivity index is 1.55. The molecule has 0 atom stereocenters. The Hall–Kier alpha value is -4.07. The van der Waals surface area contributed by atoms with E-state index in [0.29, 0.717) is 41.2 Å². The molecule has 3 aromatic rings. The second-order valence-corrected chi connectivity index (χ2v) is 8.68. The quantitative estimate of drug-likeness (QED) is 0.337. The van der Waals surface area contributed by atoms with Crippen molar-refractivity contribution in [3.8, 4) is 23.0 Å². The third kappa shape index (κ3) is 5.54. The van der Waals surface area contributed by atoms with Gasteiger partial charge in [-0.3, -0.25) is 9.59 Å². The van der Waals surface area contributed by atoms with Gasteiger partial charge in [0.15, 0.2) is 11.6 Å². The van der Waals surface area contributed by atoms with Gasteiger partial charge in [0.1, 0.15) is 23.7 Å². The number of phenols is 2. The van der Waals surface area contributed by atoms with E-state index >= 15 is 0 Å². The molecule has 182 valence electrons. The zero-order valence-electron chi connectivity index (χ0n) is 19.2. The number of benzene rings is 3. The number of phenolic OH excluding ortho intramolecular Hbond substituents is 2. The zero-order chi connectivity index (χ0) is 25.1. The summed E-state index contributed by atoms with van der Waals surface area (Å²) in [5, 5.41) is 31.2. The van der Waals surface area contributed by atoms with Gasteiger partial charge in [0.05, 0.1) is 0 Å². The Kier molecular flexibility index (Phi) is 6.91. The molecule has 3 aromatic carbocycles. The molecule has 8 heteroatoms. The van der Waals surface area contributed by atoms with E-state index in [1.165, 1.54) is 12.1 Å². The summed E-state index contributed by atoms with van der Waals surface area (Å²) < 4.78 is 19.9. The van der Waals surface area contributed by atoms with Crippen LogP contribution in [0.15, 0.2) is 42.5 Å². The van der Waals surface area contributed by atoms with Crippen LogP contribution in [-0.4, -0.2) is 27.2 Å². The minimum atomic E-state index is -1.19. The van der Waals surface area contributed by atoms with E-state index in [1.54, 1.807) is 30.3 Å². The molecule has 0 fully saturated rings. The Bertz CT molecular complexity index is 1300. The number of halogens is 1. The number of carbonyl (C=O) groups excluding carboxylic acids is 1. The second kappa shape index (κ2) is 10.0. The molecule has 1 aliphatic rings. The maximum absolute atomic E-state index is 13.6. The van der Waals surface area contributed by atoms with Gasteiger partial charge >= 0.3 is 5.97 Å². The average Bonchev–Trinajstić information content (AvgIpc) is 3.28. The van der Waals surface area contributed by atoms with Crippen LogP contribution in [0.25, 0.3) is 0 Å². The first-order valence-electron chi connectivity index (χ1n) is 11.4. The number of carboxylic acid groups (broad SMARTS) is 1. The Morgan fingerprint density at radius 2 is 1.74 bits per heavy atom. The number of rotatable bonds is 8. The van der Waals surface area contributed by atoms with Crippen LogP contribution in [0, 0.1) is 12.7 Å². The fraction of sp³-hybridized carbons (Fsp3) is 0.259. The van der Waals surface area contributed by atoms with Gasteiger partial charge in [0.2, 0.25) is 5.91 Å². The molecule has 1 amide bonds. The van der Waals surface area contributed by atoms with E-state index in [9.17, 15) is 24.2 Å². The summed E-state index contributed by atoms with van der Waals surface area (Å²) in [5.41, 5.74) is 4.66. The highest BCUT2D eigenvalue weighted by molar-refractivity contribution is 6.02. The molecule has 1 aliphatic carbocycles. The van der Waals surface area contributed by atoms with E-state index in [-0.39, 0.29) is 5.75 Å². The van der Waals surface area contributed by atoms with Crippen LogP contribution in [0.1, 0.15) is 40.7 Å². The minimum absolute atomic E-state index is 0.107. The lowest BCUT2D eigenvalue weighted by Gasteiger charge is -2.18. The third-order valence-electron chi connectivity index (χ3n) is 6.09. The van der Waals surface area contributed by atoms with Crippen molar-refractivity contribution >= 4 is 17.6 Å². The number of ether oxygens (including phenoxy) is 1. The highest BCUT2D eigenvalue weighted by atomic mass is 19.1. The lowest BCUT2D eigenvalue weighted by atomic mass is 10.0. The minimum Gasteiger partial charge on any atom is -0.508 e. The number of fused-ring (bicyclic) bond motifs is 1. The highest BCUT2D eigenvalue weighted by Crippen LogP contribution is 2.41. The molecule has 0 aliphatic heterocycles. The summed E-state index contributed by atoms with van der Waals surface area (Å²) in [6, 6.07) is 11.0. The summed E-state index contributed by atoms with van der Waals surface area (Å²) in [7, 11) is 0. The van der Waals surface area contributed by atoms with Crippen molar-refractivity contribution in [1.82, 2.24) is 0 Å². The van der Waals surface area contributed by atoms with Crippen molar-refractivity contribution in [3.63, 3.8) is 0 Å². The van der Waals surface area contributed by atoms with Crippen LogP contribution < -0.4 is 10.1 Å². The van der Waals surface area contributed by atoms with Gasteiger partial charge in [-0.05, 0) is 97.7 Å². The molecule has 0 spiro atoms. The Morgan fingerprint density at radius 3 is 2.49 bits per heavy atom. The topological polar surface area (TPSA) is 116 Å². The monoisotopic (exact) mass is 479 g/mol. The van der Waals surface area contributed by atoms with Gasteiger partial charge in [-0.15, -0.1) is 0 Å². The van der Waals surface area contributed by atoms with Crippen LogP contribution in [0.3, 0.4) is 0 Å². The molecule has 0 saturated heterocycles. The lowest BCUT2D eigenvalue weighted by Crippen LogP contribution is -2.17. The van der Waals surface area contributed by atoms with Gasteiger partial charge in [-0.2, -0.15) is 0 Å². The first-order valence-corrected chi connectivity index (χ1v) is 11.4. The fourth-order valence-corrected chi connectivity index (χ4v) is 4.41. The largest absolute Gasteiger partial charge is 0.508 e. The first kappa shape index (κ1) is 24.1. The van der Waals surface area contributed by atoms with E-state index in [2.05, 4.69) is 5.32 Å². The van der Waals surface area contributed by atoms with Crippen molar-refractivity contribution < 1.29 is 34.0 Å². The standard InChI is InChI=1S/C27H26FNO6/c1-15-11-22(29-25(32)14-26(33)34)19-3-2-4-20(19)27(15)35-18-8-10-23(30)17(13-18)7-5-16-6-9-24(31)21(28)12-16/h6,8-13,30-31H,2-5,7,14H2,1H3,(H,29,32)(H,33,34). The van der Waals surface area contributed by atoms with Crippen LogP contribution in [-0.2, 0) is 35.3 Å². The predicted octanol–water partition coefficient (Wildman–Crippen LogP) is 5.02. The van der Waals surface area contributed by atoms with Crippen molar-refractivity contribution in [2.45, 2.75) is 45.4 Å². The first-order chi connectivity index (χ1) is 16.7. The number of aryl methyl sites for hydroxylation is 3. The maximum Gasteiger partial charge on any atom is 0.312 e. The molecule has 35 heavy (non-hydrogen) atoms. The van der Waals surface area contributed by atoms with E-state index in [4.69, 9.17) is 9.84 Å². The van der Waals surface area contributed by atoms with Crippen molar-refractivity contribution in [2.75, 3.05) is 5.32 Å². The molecule has 4 rings (SSSR count). The molecule has 4 N–H and O–H groups in total. The molecule has 7 nitrogen and oxygen atoms in total. The molecule has 0 unspecified atom stereocenters. The van der Waals surface area contributed by atoms with Gasteiger partial charge in [-0.25, -0.2) is 4.39 Å². The van der Waals surface area contributed by atoms with Gasteiger partial charge < -0.3 is 25.4 Å². The second-order valence-electron chi connectivity index (χ2n) is 8.68. The van der Waals surface area contributed by atoms with Crippen molar-refractivity contribution in [1.29, 1.82) is 0 Å². The SMILES string of the molecule is Cc1cc(NC(=O)CC(=O)O)c2c(c1Oc1ccc(O)c(CCc3ccc(O)c(F)c3)c1)CCC2. The summed E-state index contributed by atoms with van der Waals surface area (Å²) >= 11 is 0. The highest BCUT2D eigenvalue weighted by Gasteiger charge is 2.24. The number of hydrogen-bond acceptors (Lipinski definition) is 5. The summed E-state index contributed by atoms with van der Waals surface area (Å²) in [6.45, 7) is 1.86. The smallest absolute Gasteiger partial charge is 0.312 e. The molecule has 0 heterocycles. The number of aliphatic carboxylic acids is 1. The van der Waals surface area contributed by atoms with Crippen molar-refractivity contribution in [3.05, 3.63) is 76.1 Å². The number of anilines is 1. The van der Waals surface area contributed by atoms with Gasteiger partial charge in [-0.1, -0.05) is 6.07 Å². The molecule has 0 bridgehead atoms. The fourth-order valence-electron chi connectivity index (χ4n) is 4.41. The number of nitrogens with one attached hydrogen (secondary N) is 1. The third-order valence-corrected chi connectivity index (χ3v) is 6.09. The number of hydrogen-bond donors (Lipinski definition) is 4. The molecule has 0 aromatic heterocycles. The molecule has 0 saturated carbocycles. The Morgan fingerprint density at radius 1 is 1.00 bits per heavy atom. The van der Waals surface area contributed by atoms with Crippen LogP contribution in [0.4, 0.5) is 10.1 Å². The van der Waals surface area contributed by atoms with E-state index in [0.717, 1.165) is 36.0 Å². The van der Waals surface area contributed by atoms with Crippen LogP contribution >= 0.6 is 0 Å². The summed E-state index contributed by atoms with van der Waals surface area (Å²) in [4.78, 5) is 22.8. The van der Waals surface area contributed by atoms with Crippen LogP contribution in [0.5, 0.6) is 23.0 Å². The van der Waals surface area contributed by atoms with Gasteiger partial charge in [0, 0.05) is 11.3 Å². The van der Waals surface area contributed by atoms with Crippen LogP contribution in [0.2, 0.25) is 0 Å². The predicted molar refractivity (Wildman–Crippen MR) is 128 cm³/mol. The normalized spacial score (nSPS) is 12.3. The van der Waals surface area contributed by atoms with Gasteiger partial charge in [0.25, 0.3) is 0 Å². The molecule has 0 radical (unpaired) electrons. The number of carbonyl (C=O) groups is 2. The molecular weight excluding hydrogens is 453 g/mol. The van der Waals surface area contributed by atoms with Crippen molar-refractivity contribution in [2.24, 2.45) is 0 Å². The lowest BCUT2D eigenvalue weighted by molar-refractivity contribution is -0.139. The maximum atomic E-state index is 13.6. The summed E-state index contributed by atoms with van der Waals surface area (Å²) in [6.07, 6.45) is 2.72. The zero-order valence-corrected chi connectivity index (χ0v) is 19.2. The summed E-state index contributed by atoms with van der Waals surface area (Å²) in [5.74, 6) is -1.51. The van der Waals surface area contributed by atoms with E-state index < -0.39 is 29.9 Å². The number of aromatic hydroxyl groups is 2. The number of carboxylic acids is 1. The average molecular weight is 480 g/mol. The number of amides is 1.